The molecule has 1 saturated heterocycles. The minimum Gasteiger partial charge on any atom is -0.444 e. The highest BCUT2D eigenvalue weighted by molar-refractivity contribution is 5.67. The standard InChI is InChI=1S/C15H28N2O2/c1-15(2,3)19-14(18)17-10-11-7-8-13(16-9-11)12-5-4-6-12/h11-13,16H,4-10H2,1-3H3,(H,17,18). The van der Waals surface area contributed by atoms with Crippen LogP contribution in [0.15, 0.2) is 0 Å². The molecule has 1 amide bonds. The Hall–Kier alpha value is -0.770. The largest absolute Gasteiger partial charge is 0.444 e. The van der Waals surface area contributed by atoms with Crippen LogP contribution < -0.4 is 10.6 Å². The third kappa shape index (κ3) is 4.68. The van der Waals surface area contributed by atoms with Gasteiger partial charge in [-0.25, -0.2) is 4.79 Å². The Morgan fingerprint density at radius 1 is 1.26 bits per heavy atom. The first-order valence-electron chi connectivity index (χ1n) is 7.64. The number of alkyl carbamates (subject to hydrolysis) is 1. The molecule has 110 valence electrons. The Balaban J connectivity index is 1.61. The van der Waals surface area contributed by atoms with E-state index in [2.05, 4.69) is 10.6 Å². The van der Waals surface area contributed by atoms with Crippen molar-refractivity contribution >= 4 is 6.09 Å². The van der Waals surface area contributed by atoms with Gasteiger partial charge in [0.05, 0.1) is 0 Å². The predicted molar refractivity (Wildman–Crippen MR) is 76.1 cm³/mol. The molecule has 0 bridgehead atoms. The third-order valence-electron chi connectivity index (χ3n) is 4.21. The van der Waals surface area contributed by atoms with E-state index in [0.29, 0.717) is 5.92 Å². The number of piperidine rings is 1. The normalized spacial score (nSPS) is 28.6. The molecule has 2 rings (SSSR count). The SMILES string of the molecule is CC(C)(C)OC(=O)NCC1CCC(C2CCC2)NC1. The van der Waals surface area contributed by atoms with Gasteiger partial charge < -0.3 is 15.4 Å². The summed E-state index contributed by atoms with van der Waals surface area (Å²) in [6.07, 6.45) is 6.38. The van der Waals surface area contributed by atoms with Gasteiger partial charge in [-0.2, -0.15) is 0 Å². The summed E-state index contributed by atoms with van der Waals surface area (Å²) in [6.45, 7) is 7.41. The van der Waals surface area contributed by atoms with Gasteiger partial charge >= 0.3 is 6.09 Å². The van der Waals surface area contributed by atoms with Crippen LogP contribution in [0.5, 0.6) is 0 Å². The zero-order valence-electron chi connectivity index (χ0n) is 12.5. The van der Waals surface area contributed by atoms with Crippen molar-refractivity contribution in [1.82, 2.24) is 10.6 Å². The van der Waals surface area contributed by atoms with Gasteiger partial charge in [0.1, 0.15) is 5.60 Å². The fraction of sp³-hybridized carbons (Fsp3) is 0.933. The maximum atomic E-state index is 11.6. The number of carbonyl (C=O) groups is 1. The second kappa shape index (κ2) is 6.12. The Labute approximate surface area is 116 Å². The van der Waals surface area contributed by atoms with Crippen molar-refractivity contribution in [3.05, 3.63) is 0 Å². The van der Waals surface area contributed by atoms with E-state index in [0.717, 1.165) is 25.0 Å². The summed E-state index contributed by atoms with van der Waals surface area (Å²) in [7, 11) is 0. The maximum absolute atomic E-state index is 11.6. The molecule has 1 saturated carbocycles. The van der Waals surface area contributed by atoms with Crippen LogP contribution in [0.25, 0.3) is 0 Å². The minimum absolute atomic E-state index is 0.298. The molecule has 2 unspecified atom stereocenters. The van der Waals surface area contributed by atoms with Crippen LogP contribution in [-0.2, 0) is 4.74 Å². The van der Waals surface area contributed by atoms with Crippen LogP contribution in [-0.4, -0.2) is 30.8 Å². The molecule has 19 heavy (non-hydrogen) atoms. The molecule has 1 heterocycles. The number of nitrogens with one attached hydrogen (secondary N) is 2. The Kier molecular flexibility index (Phi) is 4.71. The molecule has 4 heteroatoms. The highest BCUT2D eigenvalue weighted by atomic mass is 16.6. The van der Waals surface area contributed by atoms with Crippen molar-refractivity contribution in [1.29, 1.82) is 0 Å². The highest BCUT2D eigenvalue weighted by Crippen LogP contribution is 2.33. The number of hydrogen-bond acceptors (Lipinski definition) is 3. The van der Waals surface area contributed by atoms with Crippen LogP contribution in [0.1, 0.15) is 52.9 Å². The van der Waals surface area contributed by atoms with Crippen LogP contribution in [0, 0.1) is 11.8 Å². The summed E-state index contributed by atoms with van der Waals surface area (Å²) in [4.78, 5) is 11.6. The topological polar surface area (TPSA) is 50.4 Å². The first kappa shape index (κ1) is 14.6. The lowest BCUT2D eigenvalue weighted by molar-refractivity contribution is 0.0513. The van der Waals surface area contributed by atoms with Crippen molar-refractivity contribution < 1.29 is 9.53 Å². The first-order valence-corrected chi connectivity index (χ1v) is 7.64. The highest BCUT2D eigenvalue weighted by Gasteiger charge is 2.30. The third-order valence-corrected chi connectivity index (χ3v) is 4.21. The van der Waals surface area contributed by atoms with E-state index >= 15 is 0 Å². The van der Waals surface area contributed by atoms with Crippen molar-refractivity contribution in [2.45, 2.75) is 64.5 Å². The van der Waals surface area contributed by atoms with Crippen molar-refractivity contribution in [2.75, 3.05) is 13.1 Å². The van der Waals surface area contributed by atoms with Gasteiger partial charge in [0.25, 0.3) is 0 Å². The molecular weight excluding hydrogens is 240 g/mol. The Bertz CT molecular complexity index is 300. The molecular formula is C15H28N2O2. The van der Waals surface area contributed by atoms with E-state index in [1.807, 2.05) is 20.8 Å². The summed E-state index contributed by atoms with van der Waals surface area (Å²) in [5.74, 6) is 1.46. The number of rotatable bonds is 3. The molecule has 0 spiro atoms. The summed E-state index contributed by atoms with van der Waals surface area (Å²) in [5, 5.41) is 6.53. The molecule has 0 aromatic heterocycles. The molecule has 2 aliphatic rings. The van der Waals surface area contributed by atoms with E-state index < -0.39 is 5.60 Å². The lowest BCUT2D eigenvalue weighted by atomic mass is 9.76. The fourth-order valence-corrected chi connectivity index (χ4v) is 2.90. The van der Waals surface area contributed by atoms with Crippen LogP contribution in [0.3, 0.4) is 0 Å². The van der Waals surface area contributed by atoms with Gasteiger partial charge in [0.2, 0.25) is 0 Å². The zero-order valence-corrected chi connectivity index (χ0v) is 12.5. The molecule has 0 radical (unpaired) electrons. The zero-order chi connectivity index (χ0) is 13.9. The minimum atomic E-state index is -0.412. The van der Waals surface area contributed by atoms with Crippen LogP contribution in [0.4, 0.5) is 4.79 Å². The van der Waals surface area contributed by atoms with Crippen molar-refractivity contribution in [2.24, 2.45) is 11.8 Å². The second-order valence-corrected chi connectivity index (χ2v) is 7.03. The van der Waals surface area contributed by atoms with Gasteiger partial charge in [0, 0.05) is 12.6 Å². The molecule has 2 N–H and O–H groups in total. The smallest absolute Gasteiger partial charge is 0.407 e. The van der Waals surface area contributed by atoms with E-state index in [1.54, 1.807) is 0 Å². The van der Waals surface area contributed by atoms with Crippen LogP contribution >= 0.6 is 0 Å². The average molecular weight is 268 g/mol. The lowest BCUT2D eigenvalue weighted by Gasteiger charge is -2.39. The van der Waals surface area contributed by atoms with Crippen molar-refractivity contribution in [3.63, 3.8) is 0 Å². The van der Waals surface area contributed by atoms with E-state index in [1.165, 1.54) is 32.1 Å². The molecule has 1 aliphatic carbocycles. The molecule has 2 fully saturated rings. The summed E-state index contributed by atoms with van der Waals surface area (Å²) in [6, 6.07) is 0.728. The van der Waals surface area contributed by atoms with Crippen LogP contribution in [0.2, 0.25) is 0 Å². The summed E-state index contributed by atoms with van der Waals surface area (Å²) < 4.78 is 5.24. The summed E-state index contributed by atoms with van der Waals surface area (Å²) in [5.41, 5.74) is -0.412. The van der Waals surface area contributed by atoms with E-state index in [-0.39, 0.29) is 6.09 Å². The number of ether oxygens (including phenoxy) is 1. The van der Waals surface area contributed by atoms with Crippen molar-refractivity contribution in [3.8, 4) is 0 Å². The average Bonchev–Trinajstić information content (AvgIpc) is 2.23. The first-order chi connectivity index (χ1) is 8.94. The predicted octanol–water partition coefficient (Wildman–Crippen LogP) is 2.68. The summed E-state index contributed by atoms with van der Waals surface area (Å²) >= 11 is 0. The molecule has 2 atom stereocenters. The fourth-order valence-electron chi connectivity index (χ4n) is 2.90. The Morgan fingerprint density at radius 2 is 2.00 bits per heavy atom. The number of amides is 1. The van der Waals surface area contributed by atoms with Gasteiger partial charge in [-0.1, -0.05) is 6.42 Å². The number of hydrogen-bond donors (Lipinski definition) is 2. The monoisotopic (exact) mass is 268 g/mol. The van der Waals surface area contributed by atoms with Gasteiger partial charge in [0.15, 0.2) is 0 Å². The van der Waals surface area contributed by atoms with Gasteiger partial charge in [-0.15, -0.1) is 0 Å². The Morgan fingerprint density at radius 3 is 2.47 bits per heavy atom. The quantitative estimate of drug-likeness (QED) is 0.827. The van der Waals surface area contributed by atoms with Gasteiger partial charge in [-0.05, 0) is 64.8 Å². The maximum Gasteiger partial charge on any atom is 0.407 e. The second-order valence-electron chi connectivity index (χ2n) is 7.03. The molecule has 1 aliphatic heterocycles. The van der Waals surface area contributed by atoms with Gasteiger partial charge in [-0.3, -0.25) is 0 Å². The number of carbonyl (C=O) groups excluding carboxylic acids is 1. The van der Waals surface area contributed by atoms with E-state index in [4.69, 9.17) is 4.74 Å². The van der Waals surface area contributed by atoms with E-state index in [9.17, 15) is 4.79 Å². The lowest BCUT2D eigenvalue weighted by Crippen LogP contribution is -2.48. The molecule has 0 aromatic rings. The molecule has 4 nitrogen and oxygen atoms in total. The molecule has 0 aromatic carbocycles.